The summed E-state index contributed by atoms with van der Waals surface area (Å²) in [5.74, 6) is 0.159. The first-order valence-corrected chi connectivity index (χ1v) is 12.9. The van der Waals surface area contributed by atoms with Crippen molar-refractivity contribution in [2.75, 3.05) is 0 Å². The molecule has 2 aromatic carbocycles. The van der Waals surface area contributed by atoms with E-state index in [0.717, 1.165) is 53.0 Å². The molecule has 0 saturated heterocycles. The molecule has 0 unspecified atom stereocenters. The lowest BCUT2D eigenvalue weighted by Crippen LogP contribution is -2.67. The third-order valence-electron chi connectivity index (χ3n) is 8.48. The van der Waals surface area contributed by atoms with Crippen molar-refractivity contribution in [3.63, 3.8) is 0 Å². The molecule has 184 valence electrons. The third kappa shape index (κ3) is 3.39. The summed E-state index contributed by atoms with van der Waals surface area (Å²) < 4.78 is 4.01. The molecule has 6 nitrogen and oxygen atoms in total. The molecule has 3 aliphatic carbocycles. The zero-order valence-electron chi connectivity index (χ0n) is 21.4. The number of carbonyl (C=O) groups excluding carboxylic acids is 1. The van der Waals surface area contributed by atoms with Crippen LogP contribution in [0.3, 0.4) is 0 Å². The number of nitrogens with zero attached hydrogens (tertiary/aromatic N) is 5. The predicted molar refractivity (Wildman–Crippen MR) is 142 cm³/mol. The van der Waals surface area contributed by atoms with Crippen molar-refractivity contribution in [1.82, 2.24) is 24.1 Å². The summed E-state index contributed by atoms with van der Waals surface area (Å²) in [4.78, 5) is 22.4. The molecule has 0 amide bonds. The maximum absolute atomic E-state index is 13.4. The highest BCUT2D eigenvalue weighted by atomic mass is 16.1. The van der Waals surface area contributed by atoms with Crippen molar-refractivity contribution in [3.05, 3.63) is 113 Å². The van der Waals surface area contributed by atoms with Crippen LogP contribution >= 0.6 is 0 Å². The van der Waals surface area contributed by atoms with Crippen LogP contribution in [-0.2, 0) is 17.3 Å². The summed E-state index contributed by atoms with van der Waals surface area (Å²) in [5.41, 5.74) is 10.0. The highest BCUT2D eigenvalue weighted by molar-refractivity contribution is 5.98. The van der Waals surface area contributed by atoms with E-state index in [9.17, 15) is 4.79 Å². The van der Waals surface area contributed by atoms with Crippen LogP contribution in [-0.4, -0.2) is 29.9 Å². The lowest BCUT2D eigenvalue weighted by atomic mass is 9.32. The Labute approximate surface area is 216 Å². The van der Waals surface area contributed by atoms with E-state index in [1.165, 1.54) is 16.8 Å². The smallest absolute Gasteiger partial charge is 0.167 e. The quantitative estimate of drug-likeness (QED) is 0.291. The van der Waals surface area contributed by atoms with Crippen molar-refractivity contribution < 1.29 is 4.79 Å². The van der Waals surface area contributed by atoms with Gasteiger partial charge >= 0.3 is 0 Å². The van der Waals surface area contributed by atoms with E-state index < -0.39 is 0 Å². The number of aromatic nitrogens is 5. The van der Waals surface area contributed by atoms with Gasteiger partial charge < -0.3 is 4.57 Å². The van der Waals surface area contributed by atoms with Crippen LogP contribution < -0.4 is 0 Å². The minimum atomic E-state index is 0.157. The SMILES string of the molecule is Cc1cc(CC(=O)c2ccc(C)c(C34CC(c5cnc6cccnn56)(C3)C4)c2)cc(-n2cnc(C)c2)c1. The molecule has 8 rings (SSSR count). The van der Waals surface area contributed by atoms with Crippen molar-refractivity contribution in [1.29, 1.82) is 0 Å². The highest BCUT2D eigenvalue weighted by Crippen LogP contribution is 2.74. The number of rotatable bonds is 6. The minimum absolute atomic E-state index is 0.157. The molecular formula is C31H29N5O. The van der Waals surface area contributed by atoms with Crippen LogP contribution in [0.4, 0.5) is 0 Å². The second-order valence-electron chi connectivity index (χ2n) is 11.3. The van der Waals surface area contributed by atoms with E-state index in [2.05, 4.69) is 59.2 Å². The standard InChI is InChI=1S/C31H29N5O/c1-20-9-23(11-25(10-20)35-15-22(3)33-19-35)12-27(37)24-7-6-21(2)26(13-24)30-16-31(17-30,18-30)28-14-32-29-5-4-8-34-36(28)29/h4-11,13-15,19H,12,16-18H2,1-3H3. The number of fused-ring (bicyclic) bond motifs is 1. The molecule has 0 N–H and O–H groups in total. The zero-order chi connectivity index (χ0) is 25.4. The Kier molecular flexibility index (Phi) is 4.62. The van der Waals surface area contributed by atoms with Crippen molar-refractivity contribution >= 4 is 11.4 Å². The van der Waals surface area contributed by atoms with Gasteiger partial charge in [0, 0.05) is 35.5 Å². The summed E-state index contributed by atoms with van der Waals surface area (Å²) in [6, 6.07) is 16.5. The van der Waals surface area contributed by atoms with Crippen LogP contribution in [0.5, 0.6) is 0 Å². The van der Waals surface area contributed by atoms with E-state index in [-0.39, 0.29) is 16.6 Å². The number of imidazole rings is 2. The molecule has 3 saturated carbocycles. The highest BCUT2D eigenvalue weighted by Gasteiger charge is 2.70. The van der Waals surface area contributed by atoms with Gasteiger partial charge in [-0.1, -0.05) is 18.2 Å². The topological polar surface area (TPSA) is 65.1 Å². The van der Waals surface area contributed by atoms with E-state index in [4.69, 9.17) is 0 Å². The summed E-state index contributed by atoms with van der Waals surface area (Å²) in [6.45, 7) is 6.23. The first-order valence-electron chi connectivity index (χ1n) is 12.9. The van der Waals surface area contributed by atoms with Gasteiger partial charge in [0.1, 0.15) is 0 Å². The summed E-state index contributed by atoms with van der Waals surface area (Å²) in [7, 11) is 0. The Morgan fingerprint density at radius 3 is 2.59 bits per heavy atom. The molecule has 5 aromatic rings. The van der Waals surface area contributed by atoms with E-state index in [1.807, 2.05) is 59.1 Å². The van der Waals surface area contributed by atoms with Gasteiger partial charge in [-0.15, -0.1) is 0 Å². The Bertz CT molecular complexity index is 1690. The Balaban J connectivity index is 1.13. The fourth-order valence-corrected chi connectivity index (χ4v) is 6.84. The molecule has 3 aromatic heterocycles. The second kappa shape index (κ2) is 7.72. The molecule has 0 aliphatic heterocycles. The Morgan fingerprint density at radius 1 is 0.973 bits per heavy atom. The van der Waals surface area contributed by atoms with E-state index in [1.54, 1.807) is 0 Å². The summed E-state index contributed by atoms with van der Waals surface area (Å²) in [5, 5.41) is 4.54. The number of ketones is 1. The molecule has 37 heavy (non-hydrogen) atoms. The average Bonchev–Trinajstić information content (AvgIpc) is 3.45. The van der Waals surface area contributed by atoms with E-state index in [0.29, 0.717) is 6.42 Å². The number of aryl methyl sites for hydroxylation is 3. The summed E-state index contributed by atoms with van der Waals surface area (Å²) >= 11 is 0. The third-order valence-corrected chi connectivity index (χ3v) is 8.48. The molecule has 3 heterocycles. The predicted octanol–water partition coefficient (Wildman–Crippen LogP) is 5.64. The van der Waals surface area contributed by atoms with Gasteiger partial charge in [-0.05, 0) is 98.0 Å². The Hall–Kier alpha value is -4.06. The number of hydrogen-bond acceptors (Lipinski definition) is 4. The van der Waals surface area contributed by atoms with Gasteiger partial charge in [0.2, 0.25) is 0 Å². The Morgan fingerprint density at radius 2 is 1.81 bits per heavy atom. The van der Waals surface area contributed by atoms with Gasteiger partial charge in [0.15, 0.2) is 11.4 Å². The van der Waals surface area contributed by atoms with Crippen LogP contribution in [0, 0.1) is 20.8 Å². The fourth-order valence-electron chi connectivity index (χ4n) is 6.84. The average molecular weight is 488 g/mol. The first kappa shape index (κ1) is 22.2. The molecule has 3 fully saturated rings. The molecule has 0 atom stereocenters. The molecule has 3 aliphatic rings. The first-order chi connectivity index (χ1) is 17.8. The largest absolute Gasteiger partial charge is 0.306 e. The maximum Gasteiger partial charge on any atom is 0.167 e. The number of hydrogen-bond donors (Lipinski definition) is 0. The molecule has 0 spiro atoms. The number of carbonyl (C=O) groups is 1. The lowest BCUT2D eigenvalue weighted by molar-refractivity contribution is -0.0738. The van der Waals surface area contributed by atoms with Gasteiger partial charge in [0.25, 0.3) is 0 Å². The van der Waals surface area contributed by atoms with Crippen molar-refractivity contribution in [2.24, 2.45) is 0 Å². The molecular weight excluding hydrogens is 458 g/mol. The van der Waals surface area contributed by atoms with Crippen molar-refractivity contribution in [2.45, 2.75) is 57.3 Å². The lowest BCUT2D eigenvalue weighted by Gasteiger charge is -2.71. The van der Waals surface area contributed by atoms with Gasteiger partial charge in [-0.25, -0.2) is 14.5 Å². The summed E-state index contributed by atoms with van der Waals surface area (Å²) in [6.07, 6.45) is 11.3. The van der Waals surface area contributed by atoms with Crippen molar-refractivity contribution in [3.8, 4) is 5.69 Å². The van der Waals surface area contributed by atoms with Crippen LogP contribution in [0.15, 0.2) is 73.4 Å². The number of benzene rings is 2. The normalized spacial score (nSPS) is 22.0. The van der Waals surface area contributed by atoms with E-state index >= 15 is 0 Å². The van der Waals surface area contributed by atoms with Crippen LogP contribution in [0.25, 0.3) is 11.3 Å². The maximum atomic E-state index is 13.4. The second-order valence-corrected chi connectivity index (χ2v) is 11.3. The monoisotopic (exact) mass is 487 g/mol. The van der Waals surface area contributed by atoms with Crippen LogP contribution in [0.1, 0.15) is 63.3 Å². The van der Waals surface area contributed by atoms with Gasteiger partial charge in [0.05, 0.1) is 23.9 Å². The zero-order valence-corrected chi connectivity index (χ0v) is 21.4. The van der Waals surface area contributed by atoms with Gasteiger partial charge in [-0.3, -0.25) is 4.79 Å². The minimum Gasteiger partial charge on any atom is -0.306 e. The molecule has 0 radical (unpaired) electrons. The molecule has 2 bridgehead atoms. The van der Waals surface area contributed by atoms with Crippen LogP contribution in [0.2, 0.25) is 0 Å². The van der Waals surface area contributed by atoms with Gasteiger partial charge in [-0.2, -0.15) is 5.10 Å². The molecule has 6 heteroatoms. The fraction of sp³-hybridized carbons (Fsp3) is 0.290. The number of Topliss-reactive ketones (excluding diaryl/α,β-unsaturated/α-hetero) is 1.